The molecule has 3 rings (SSSR count). The van der Waals surface area contributed by atoms with Gasteiger partial charge in [0, 0.05) is 23.7 Å². The van der Waals surface area contributed by atoms with E-state index in [-0.39, 0.29) is 28.4 Å². The maximum atomic E-state index is 13.3. The highest BCUT2D eigenvalue weighted by Crippen LogP contribution is 2.36. The molecule has 29 heavy (non-hydrogen) atoms. The molecule has 0 aliphatic rings. The van der Waals surface area contributed by atoms with Gasteiger partial charge in [0.25, 0.3) is 0 Å². The maximum absolute atomic E-state index is 13.3. The molecular formula is C20H20N2O7. The molecule has 0 fully saturated rings. The van der Waals surface area contributed by atoms with Crippen LogP contribution in [0, 0.1) is 5.21 Å². The zero-order chi connectivity index (χ0) is 21.1. The molecule has 2 aromatic carbocycles. The lowest BCUT2D eigenvalue weighted by Gasteiger charge is -2.18. The second-order valence-corrected chi connectivity index (χ2v) is 5.97. The Labute approximate surface area is 166 Å². The third kappa shape index (κ3) is 3.66. The Morgan fingerprint density at radius 3 is 2.07 bits per heavy atom. The first-order chi connectivity index (χ1) is 13.9. The number of pyridine rings is 1. The van der Waals surface area contributed by atoms with Crippen LogP contribution in [0.5, 0.6) is 23.0 Å². The number of aromatic nitrogens is 1. The molecule has 0 amide bonds. The van der Waals surface area contributed by atoms with E-state index in [1.54, 1.807) is 18.2 Å². The number of ether oxygens (including phenoxy) is 4. The number of methoxy groups -OCH3 is 4. The highest BCUT2D eigenvalue weighted by atomic mass is 16.8. The van der Waals surface area contributed by atoms with Crippen LogP contribution >= 0.6 is 0 Å². The normalized spacial score (nSPS) is 11.8. The summed E-state index contributed by atoms with van der Waals surface area (Å²) in [5.74, 6) is 0.801. The van der Waals surface area contributed by atoms with E-state index < -0.39 is 11.0 Å². The van der Waals surface area contributed by atoms with Crippen molar-refractivity contribution in [2.45, 2.75) is 0 Å². The second-order valence-electron chi connectivity index (χ2n) is 5.97. The number of hydrogen-bond acceptors (Lipinski definition) is 8. The first kappa shape index (κ1) is 20.3. The Morgan fingerprint density at radius 1 is 0.931 bits per heavy atom. The van der Waals surface area contributed by atoms with E-state index >= 15 is 0 Å². The van der Waals surface area contributed by atoms with E-state index in [1.165, 1.54) is 46.8 Å². The lowest BCUT2D eigenvalue weighted by molar-refractivity contribution is -0.991. The Bertz CT molecular complexity index is 1070. The first-order valence-electron chi connectivity index (χ1n) is 8.49. The van der Waals surface area contributed by atoms with Crippen molar-refractivity contribution in [1.82, 2.24) is 4.98 Å². The quantitative estimate of drug-likeness (QED) is 0.457. The van der Waals surface area contributed by atoms with Gasteiger partial charge in [0.15, 0.2) is 28.7 Å². The summed E-state index contributed by atoms with van der Waals surface area (Å²) >= 11 is 0. The minimum absolute atomic E-state index is 0.0649. The fourth-order valence-corrected chi connectivity index (χ4v) is 3.05. The summed E-state index contributed by atoms with van der Waals surface area (Å²) in [6, 6.07) is 7.67. The molecule has 0 aliphatic heterocycles. The number of ketones is 1. The van der Waals surface area contributed by atoms with Gasteiger partial charge in [-0.15, -0.1) is 0 Å². The van der Waals surface area contributed by atoms with E-state index in [2.05, 4.69) is 4.98 Å². The second kappa shape index (κ2) is 8.31. The van der Waals surface area contributed by atoms with Gasteiger partial charge in [-0.1, -0.05) is 0 Å². The molecule has 0 aliphatic carbocycles. The smallest absolute Gasteiger partial charge is 0.218 e. The number of benzene rings is 2. The minimum Gasteiger partial charge on any atom is -0.595 e. The molecule has 0 bridgehead atoms. The van der Waals surface area contributed by atoms with E-state index in [1.807, 2.05) is 0 Å². The lowest BCUT2D eigenvalue weighted by atomic mass is 10.00. The summed E-state index contributed by atoms with van der Waals surface area (Å²) in [6.45, 7) is 0. The highest BCUT2D eigenvalue weighted by Gasteiger charge is 2.25. The van der Waals surface area contributed by atoms with Gasteiger partial charge in [-0.25, -0.2) is 5.21 Å². The van der Waals surface area contributed by atoms with Gasteiger partial charge in [-0.3, -0.25) is 9.78 Å². The van der Waals surface area contributed by atoms with Crippen LogP contribution < -0.4 is 24.2 Å². The minimum atomic E-state index is -1.27. The molecule has 0 saturated heterocycles. The Hall–Kier alpha value is -3.40. The van der Waals surface area contributed by atoms with Gasteiger partial charge in [-0.2, -0.15) is 5.23 Å². The molecule has 9 heteroatoms. The number of quaternary nitrogens is 1. The third-order valence-corrected chi connectivity index (χ3v) is 4.48. The SMILES string of the molecule is COc1cc(C(=O)c2nccc3cc(OC)c(OC)cc23)c([NH+]([O-])O)cc1OC. The van der Waals surface area contributed by atoms with Crippen LogP contribution in [0.3, 0.4) is 0 Å². The molecule has 2 N–H and O–H groups in total. The highest BCUT2D eigenvalue weighted by molar-refractivity contribution is 6.17. The molecule has 9 nitrogen and oxygen atoms in total. The van der Waals surface area contributed by atoms with Crippen molar-refractivity contribution in [2.24, 2.45) is 0 Å². The zero-order valence-electron chi connectivity index (χ0n) is 16.3. The van der Waals surface area contributed by atoms with Gasteiger partial charge in [0.1, 0.15) is 5.69 Å². The molecule has 1 aromatic heterocycles. The molecule has 0 spiro atoms. The molecule has 3 aromatic rings. The fourth-order valence-electron chi connectivity index (χ4n) is 3.05. The summed E-state index contributed by atoms with van der Waals surface area (Å²) in [6.07, 6.45) is 1.47. The Morgan fingerprint density at radius 2 is 1.48 bits per heavy atom. The van der Waals surface area contributed by atoms with Gasteiger partial charge >= 0.3 is 0 Å². The first-order valence-corrected chi connectivity index (χ1v) is 8.49. The van der Waals surface area contributed by atoms with E-state index in [0.29, 0.717) is 22.3 Å². The number of nitrogens with one attached hydrogen (secondary N) is 1. The van der Waals surface area contributed by atoms with Crippen LogP contribution in [0.2, 0.25) is 0 Å². The molecule has 0 radical (unpaired) electrons. The van der Waals surface area contributed by atoms with Crippen molar-refractivity contribution in [3.8, 4) is 23.0 Å². The van der Waals surface area contributed by atoms with Crippen molar-refractivity contribution in [1.29, 1.82) is 0 Å². The number of fused-ring (bicyclic) bond motifs is 1. The molecule has 152 valence electrons. The fraction of sp³-hybridized carbons (Fsp3) is 0.200. The van der Waals surface area contributed by atoms with Gasteiger partial charge in [0.2, 0.25) is 5.78 Å². The maximum Gasteiger partial charge on any atom is 0.218 e. The van der Waals surface area contributed by atoms with Crippen LogP contribution in [0.15, 0.2) is 36.5 Å². The number of rotatable bonds is 7. The van der Waals surface area contributed by atoms with Crippen molar-refractivity contribution in [2.75, 3.05) is 28.4 Å². The molecule has 1 heterocycles. The molecule has 0 saturated carbocycles. The van der Waals surface area contributed by atoms with E-state index in [4.69, 9.17) is 18.9 Å². The standard InChI is InChI=1S/C20H20N2O7/c1-26-15-7-11-5-6-21-19(12(11)8-16(15)27-2)20(23)13-9-17(28-3)18(29-4)10-14(13)22(24)25/h5-10,22,24H,1-4H3. The number of carbonyl (C=O) groups excluding carboxylic acids is 1. The topological polar surface area (TPSA) is 115 Å². The molecule has 1 unspecified atom stereocenters. The van der Waals surface area contributed by atoms with Crippen molar-refractivity contribution < 1.29 is 34.2 Å². The summed E-state index contributed by atoms with van der Waals surface area (Å²) < 4.78 is 21.0. The summed E-state index contributed by atoms with van der Waals surface area (Å²) in [5.41, 5.74) is -0.199. The Kier molecular flexibility index (Phi) is 5.83. The summed E-state index contributed by atoms with van der Waals surface area (Å²) in [7, 11) is 5.79. The van der Waals surface area contributed by atoms with Crippen molar-refractivity contribution in [3.63, 3.8) is 0 Å². The summed E-state index contributed by atoms with van der Waals surface area (Å²) in [4.78, 5) is 17.5. The van der Waals surface area contributed by atoms with Crippen molar-refractivity contribution >= 4 is 22.2 Å². The van der Waals surface area contributed by atoms with Crippen LogP contribution in [0.25, 0.3) is 10.8 Å². The van der Waals surface area contributed by atoms with Crippen LogP contribution in [-0.2, 0) is 0 Å². The Balaban J connectivity index is 2.24. The number of hydrogen-bond donors (Lipinski definition) is 2. The van der Waals surface area contributed by atoms with Gasteiger partial charge in [-0.05, 0) is 23.6 Å². The van der Waals surface area contributed by atoms with E-state index in [9.17, 15) is 15.2 Å². The average molecular weight is 400 g/mol. The zero-order valence-corrected chi connectivity index (χ0v) is 16.3. The van der Waals surface area contributed by atoms with Crippen molar-refractivity contribution in [3.05, 3.63) is 53.0 Å². The third-order valence-electron chi connectivity index (χ3n) is 4.48. The number of carbonyl (C=O) groups is 1. The van der Waals surface area contributed by atoms with Gasteiger partial charge in [0.05, 0.1) is 34.0 Å². The lowest BCUT2D eigenvalue weighted by Crippen LogP contribution is -2.99. The van der Waals surface area contributed by atoms with Crippen LogP contribution in [-0.4, -0.2) is 44.4 Å². The monoisotopic (exact) mass is 400 g/mol. The largest absolute Gasteiger partial charge is 0.595 e. The van der Waals surface area contributed by atoms with E-state index in [0.717, 1.165) is 0 Å². The van der Waals surface area contributed by atoms with Crippen LogP contribution in [0.1, 0.15) is 16.1 Å². The van der Waals surface area contributed by atoms with Gasteiger partial charge < -0.3 is 24.2 Å². The molecule has 1 atom stereocenters. The summed E-state index contributed by atoms with van der Waals surface area (Å²) in [5, 5.41) is 21.3. The predicted molar refractivity (Wildman–Crippen MR) is 104 cm³/mol. The van der Waals surface area contributed by atoms with Crippen LogP contribution in [0.4, 0.5) is 5.69 Å². The number of nitrogens with zero attached hydrogens (tertiary/aromatic N) is 1. The predicted octanol–water partition coefficient (Wildman–Crippen LogP) is 1.90. The molecular weight excluding hydrogens is 380 g/mol. The average Bonchev–Trinajstić information content (AvgIpc) is 2.75.